The summed E-state index contributed by atoms with van der Waals surface area (Å²) in [5.74, 6) is 2.44. The largest absolute Gasteiger partial charge is 0.490 e. The molecular weight excluding hydrogens is 424 g/mol. The van der Waals surface area contributed by atoms with E-state index < -0.39 is 26.2 Å². The number of amides is 1. The number of carbonyl (C=O) groups excluding carboxylic acids is 1. The second-order valence-electron chi connectivity index (χ2n) is 7.25. The molecule has 0 saturated carbocycles. The predicted molar refractivity (Wildman–Crippen MR) is 115 cm³/mol. The molecule has 170 valence electrons. The van der Waals surface area contributed by atoms with Gasteiger partial charge in [0, 0.05) is 32.2 Å². The maximum atomic E-state index is 12.9. The molecule has 0 unspecified atom stereocenters. The van der Waals surface area contributed by atoms with Crippen LogP contribution in [0.3, 0.4) is 0 Å². The van der Waals surface area contributed by atoms with Gasteiger partial charge in [-0.1, -0.05) is 19.8 Å². The molecule has 1 aliphatic rings. The topological polar surface area (TPSA) is 122 Å². The second-order valence-corrected chi connectivity index (χ2v) is 9.19. The number of rotatable bonds is 9. The number of nitro benzene ring substituents is 1. The van der Waals surface area contributed by atoms with Gasteiger partial charge in [0.1, 0.15) is 5.54 Å². The molecule has 0 bridgehead atoms. The summed E-state index contributed by atoms with van der Waals surface area (Å²) in [5.41, 5.74) is -1.09. The molecule has 1 aromatic rings. The lowest BCUT2D eigenvalue weighted by atomic mass is 9.94. The molecule has 0 aliphatic carbocycles. The summed E-state index contributed by atoms with van der Waals surface area (Å²) in [5, 5.41) is 14.1. The molecule has 2 rings (SSSR count). The van der Waals surface area contributed by atoms with Crippen LogP contribution in [0.15, 0.2) is 23.1 Å². The Morgan fingerprint density at radius 2 is 1.90 bits per heavy atom. The summed E-state index contributed by atoms with van der Waals surface area (Å²) in [6.45, 7) is 4.98. The van der Waals surface area contributed by atoms with Crippen LogP contribution in [-0.2, 0) is 14.8 Å². The summed E-state index contributed by atoms with van der Waals surface area (Å²) < 4.78 is 32.1. The van der Waals surface area contributed by atoms with Crippen molar-refractivity contribution >= 4 is 21.6 Å². The number of terminal acetylenes is 1. The van der Waals surface area contributed by atoms with Gasteiger partial charge in [-0.2, -0.15) is 4.31 Å². The minimum atomic E-state index is -3.92. The van der Waals surface area contributed by atoms with E-state index in [2.05, 4.69) is 11.2 Å². The molecule has 0 spiro atoms. The van der Waals surface area contributed by atoms with E-state index in [9.17, 15) is 23.3 Å². The highest BCUT2D eigenvalue weighted by Crippen LogP contribution is 2.30. The van der Waals surface area contributed by atoms with Gasteiger partial charge in [-0.25, -0.2) is 8.42 Å². The van der Waals surface area contributed by atoms with Gasteiger partial charge < -0.3 is 10.1 Å². The summed E-state index contributed by atoms with van der Waals surface area (Å²) in [4.78, 5) is 24.6. The van der Waals surface area contributed by atoms with Crippen molar-refractivity contribution < 1.29 is 22.9 Å². The highest BCUT2D eigenvalue weighted by atomic mass is 32.2. The molecular formula is C20H28N4O6S. The van der Waals surface area contributed by atoms with Gasteiger partial charge in [0.25, 0.3) is 0 Å². The number of nitrogens with zero attached hydrogens (tertiary/aromatic N) is 3. The van der Waals surface area contributed by atoms with Crippen molar-refractivity contribution in [3.63, 3.8) is 0 Å². The number of piperazine rings is 1. The van der Waals surface area contributed by atoms with Crippen molar-refractivity contribution in [3.05, 3.63) is 28.3 Å². The molecule has 31 heavy (non-hydrogen) atoms. The lowest BCUT2D eigenvalue weighted by molar-refractivity contribution is -0.386. The first-order valence-electron chi connectivity index (χ1n) is 9.96. The molecule has 1 fully saturated rings. The lowest BCUT2D eigenvalue weighted by Gasteiger charge is -2.34. The molecule has 1 aromatic carbocycles. The van der Waals surface area contributed by atoms with E-state index in [1.807, 2.05) is 18.7 Å². The van der Waals surface area contributed by atoms with Crippen molar-refractivity contribution in [2.45, 2.75) is 37.1 Å². The standard InChI is InChI=1S/C20H28N4O6S/c1-5-20(6-2,7-3)21-19(25)15-22-10-12-23(13-11-22)31(28,29)16-8-9-18(30-4)17(14-16)24(26)27/h1,8-9,14H,6-7,10-13,15H2,2-4H3,(H,21,25). The number of sulfonamides is 1. The predicted octanol–water partition coefficient (Wildman–Crippen LogP) is 1.22. The third-order valence-electron chi connectivity index (χ3n) is 5.55. The second kappa shape index (κ2) is 10.1. The number of methoxy groups -OCH3 is 1. The summed E-state index contributed by atoms with van der Waals surface area (Å²) in [6.07, 6.45) is 6.81. The number of hydrogen-bond donors (Lipinski definition) is 1. The van der Waals surface area contributed by atoms with Crippen LogP contribution >= 0.6 is 0 Å². The Hall–Kier alpha value is -2.68. The minimum absolute atomic E-state index is 0.0121. The molecule has 0 aromatic heterocycles. The fourth-order valence-corrected chi connectivity index (χ4v) is 4.87. The average molecular weight is 453 g/mol. The van der Waals surface area contributed by atoms with Crippen LogP contribution in [0.25, 0.3) is 0 Å². The Morgan fingerprint density at radius 1 is 1.29 bits per heavy atom. The van der Waals surface area contributed by atoms with Crippen LogP contribution in [0.1, 0.15) is 26.7 Å². The minimum Gasteiger partial charge on any atom is -0.490 e. The smallest absolute Gasteiger partial charge is 0.312 e. The van der Waals surface area contributed by atoms with Gasteiger partial charge >= 0.3 is 5.69 Å². The van der Waals surface area contributed by atoms with E-state index in [-0.39, 0.29) is 36.2 Å². The van der Waals surface area contributed by atoms with Crippen molar-refractivity contribution in [3.8, 4) is 18.1 Å². The summed E-state index contributed by atoms with van der Waals surface area (Å²) >= 11 is 0. The first-order valence-corrected chi connectivity index (χ1v) is 11.4. The van der Waals surface area contributed by atoms with Gasteiger partial charge in [-0.3, -0.25) is 19.8 Å². The number of nitro groups is 1. The van der Waals surface area contributed by atoms with Crippen LogP contribution in [0.4, 0.5) is 5.69 Å². The molecule has 0 atom stereocenters. The highest BCUT2D eigenvalue weighted by molar-refractivity contribution is 7.89. The molecule has 1 saturated heterocycles. The van der Waals surface area contributed by atoms with Crippen LogP contribution < -0.4 is 10.1 Å². The van der Waals surface area contributed by atoms with E-state index in [4.69, 9.17) is 11.2 Å². The SMILES string of the molecule is C#CC(CC)(CC)NC(=O)CN1CCN(S(=O)(=O)c2ccc(OC)c([N+](=O)[O-])c2)CC1. The van der Waals surface area contributed by atoms with E-state index >= 15 is 0 Å². The van der Waals surface area contributed by atoms with Gasteiger partial charge in [0.05, 0.1) is 23.5 Å². The lowest BCUT2D eigenvalue weighted by Crippen LogP contribution is -2.54. The maximum absolute atomic E-state index is 12.9. The van der Waals surface area contributed by atoms with Gasteiger partial charge in [0.2, 0.25) is 15.9 Å². The molecule has 11 heteroatoms. The molecule has 1 N–H and O–H groups in total. The third kappa shape index (κ3) is 5.52. The van der Waals surface area contributed by atoms with Gasteiger partial charge in [-0.05, 0) is 25.0 Å². The van der Waals surface area contributed by atoms with Crippen molar-refractivity contribution in [1.29, 1.82) is 0 Å². The Bertz CT molecular complexity index is 960. The Balaban J connectivity index is 2.04. The van der Waals surface area contributed by atoms with Crippen molar-refractivity contribution in [1.82, 2.24) is 14.5 Å². The van der Waals surface area contributed by atoms with E-state index in [1.54, 1.807) is 0 Å². The zero-order valence-electron chi connectivity index (χ0n) is 18.0. The normalized spacial score (nSPS) is 15.8. The fourth-order valence-electron chi connectivity index (χ4n) is 3.43. The highest BCUT2D eigenvalue weighted by Gasteiger charge is 2.32. The number of benzene rings is 1. The zero-order chi connectivity index (χ0) is 23.2. The third-order valence-corrected chi connectivity index (χ3v) is 7.44. The molecule has 10 nitrogen and oxygen atoms in total. The van der Waals surface area contributed by atoms with Gasteiger partial charge in [-0.15, -0.1) is 6.42 Å². The Labute approximate surface area is 182 Å². The Kier molecular flexibility index (Phi) is 8.00. The van der Waals surface area contributed by atoms with E-state index in [0.29, 0.717) is 25.9 Å². The Morgan fingerprint density at radius 3 is 2.39 bits per heavy atom. The molecule has 1 heterocycles. The fraction of sp³-hybridized carbons (Fsp3) is 0.550. The quantitative estimate of drug-likeness (QED) is 0.340. The van der Waals surface area contributed by atoms with Crippen LogP contribution in [0.5, 0.6) is 5.75 Å². The first-order chi connectivity index (χ1) is 14.6. The molecule has 0 radical (unpaired) electrons. The van der Waals surface area contributed by atoms with Crippen molar-refractivity contribution in [2.75, 3.05) is 39.8 Å². The van der Waals surface area contributed by atoms with E-state index in [0.717, 1.165) is 6.07 Å². The summed E-state index contributed by atoms with van der Waals surface area (Å²) in [7, 11) is -2.64. The number of nitrogens with one attached hydrogen (secondary N) is 1. The maximum Gasteiger partial charge on any atom is 0.312 e. The van der Waals surface area contributed by atoms with Crippen LogP contribution in [-0.4, -0.2) is 73.8 Å². The summed E-state index contributed by atoms with van der Waals surface area (Å²) in [6, 6.07) is 3.56. The van der Waals surface area contributed by atoms with E-state index in [1.165, 1.54) is 23.5 Å². The average Bonchev–Trinajstić information content (AvgIpc) is 2.77. The van der Waals surface area contributed by atoms with Crippen LogP contribution in [0.2, 0.25) is 0 Å². The molecule has 1 amide bonds. The first kappa shape index (κ1) is 24.6. The number of hydrogen-bond acceptors (Lipinski definition) is 7. The number of carbonyl (C=O) groups is 1. The molecule has 1 aliphatic heterocycles. The van der Waals surface area contributed by atoms with Crippen LogP contribution in [0, 0.1) is 22.5 Å². The van der Waals surface area contributed by atoms with Gasteiger partial charge in [0.15, 0.2) is 5.75 Å². The monoisotopic (exact) mass is 452 g/mol. The number of ether oxygens (including phenoxy) is 1. The van der Waals surface area contributed by atoms with Crippen molar-refractivity contribution in [2.24, 2.45) is 0 Å². The zero-order valence-corrected chi connectivity index (χ0v) is 18.8.